The highest BCUT2D eigenvalue weighted by atomic mass is 79.9. The zero-order valence-electron chi connectivity index (χ0n) is 17.1. The zero-order valence-corrected chi connectivity index (χ0v) is 20.9. The molecule has 0 atom stereocenters. The topological polar surface area (TPSA) is 56.2 Å². The number of aromatic nitrogens is 2. The number of nitrogens with zero attached hydrogens (tertiary/aromatic N) is 2. The van der Waals surface area contributed by atoms with Gasteiger partial charge in [-0.05, 0) is 75.6 Å². The second-order valence-electron chi connectivity index (χ2n) is 7.17. The fraction of sp³-hybridized carbons (Fsp3) is 0.0833. The van der Waals surface area contributed by atoms with Crippen LogP contribution in [0.2, 0.25) is 15.1 Å². The summed E-state index contributed by atoms with van der Waals surface area (Å²) in [6.45, 7) is 0.799. The number of anilines is 1. The maximum Gasteiger partial charge on any atom is 0.256 e. The number of carbonyl (C=O) groups is 1. The number of rotatable bonds is 7. The van der Waals surface area contributed by atoms with Crippen LogP contribution in [-0.4, -0.2) is 15.7 Å². The Kier molecular flexibility index (Phi) is 7.60. The molecule has 0 radical (unpaired) electrons. The van der Waals surface area contributed by atoms with Crippen molar-refractivity contribution in [2.24, 2.45) is 0 Å². The van der Waals surface area contributed by atoms with Gasteiger partial charge in [0.25, 0.3) is 5.91 Å². The van der Waals surface area contributed by atoms with Crippen LogP contribution in [0.25, 0.3) is 0 Å². The van der Waals surface area contributed by atoms with E-state index in [-0.39, 0.29) is 5.91 Å². The van der Waals surface area contributed by atoms with Gasteiger partial charge in [0.1, 0.15) is 12.4 Å². The summed E-state index contributed by atoms with van der Waals surface area (Å²) >= 11 is 21.4. The summed E-state index contributed by atoms with van der Waals surface area (Å²) in [6, 6.07) is 19.8. The second kappa shape index (κ2) is 10.6. The molecule has 0 saturated carbocycles. The number of halogens is 4. The number of benzene rings is 3. The molecule has 1 amide bonds. The van der Waals surface area contributed by atoms with Gasteiger partial charge in [0, 0.05) is 16.8 Å². The van der Waals surface area contributed by atoms with Crippen molar-refractivity contribution in [2.75, 3.05) is 5.32 Å². The summed E-state index contributed by atoms with van der Waals surface area (Å²) in [7, 11) is 0. The molecule has 0 aliphatic rings. The van der Waals surface area contributed by atoms with Crippen LogP contribution in [0.5, 0.6) is 5.75 Å². The maximum atomic E-state index is 12.8. The molecule has 3 aromatic carbocycles. The van der Waals surface area contributed by atoms with Gasteiger partial charge >= 0.3 is 0 Å². The lowest BCUT2D eigenvalue weighted by molar-refractivity contribution is 0.102. The van der Waals surface area contributed by atoms with E-state index < -0.39 is 0 Å². The predicted molar refractivity (Wildman–Crippen MR) is 136 cm³/mol. The fourth-order valence-corrected chi connectivity index (χ4v) is 3.93. The Hall–Kier alpha value is -2.51. The first kappa shape index (κ1) is 23.6. The summed E-state index contributed by atoms with van der Waals surface area (Å²) in [5, 5.41) is 8.92. The SMILES string of the molecule is O=C(Nc1nn(Cc2ccc(Cl)c(Cl)c2)cc1Br)c1cccc(COc2ccc(Cl)cc2)c1. The number of ether oxygens (including phenoxy) is 1. The smallest absolute Gasteiger partial charge is 0.256 e. The number of amides is 1. The molecule has 4 aromatic rings. The first-order chi connectivity index (χ1) is 15.9. The van der Waals surface area contributed by atoms with Crippen molar-refractivity contribution in [3.63, 3.8) is 0 Å². The first-order valence-electron chi connectivity index (χ1n) is 9.83. The van der Waals surface area contributed by atoms with Crippen LogP contribution in [0.3, 0.4) is 0 Å². The molecule has 1 heterocycles. The van der Waals surface area contributed by atoms with Gasteiger partial charge in [-0.2, -0.15) is 5.10 Å². The minimum Gasteiger partial charge on any atom is -0.489 e. The summed E-state index contributed by atoms with van der Waals surface area (Å²) in [5.41, 5.74) is 2.30. The maximum absolute atomic E-state index is 12.8. The average molecular weight is 566 g/mol. The number of carbonyl (C=O) groups excluding carboxylic acids is 1. The van der Waals surface area contributed by atoms with E-state index >= 15 is 0 Å². The normalized spacial score (nSPS) is 10.8. The lowest BCUT2D eigenvalue weighted by Gasteiger charge is -2.08. The van der Waals surface area contributed by atoms with Crippen LogP contribution in [0.1, 0.15) is 21.5 Å². The molecule has 0 unspecified atom stereocenters. The van der Waals surface area contributed by atoms with Gasteiger partial charge in [-0.15, -0.1) is 0 Å². The van der Waals surface area contributed by atoms with Gasteiger partial charge in [0.05, 0.1) is 21.1 Å². The monoisotopic (exact) mass is 563 g/mol. The van der Waals surface area contributed by atoms with Crippen LogP contribution >= 0.6 is 50.7 Å². The van der Waals surface area contributed by atoms with Crippen LogP contribution in [0.15, 0.2) is 77.4 Å². The van der Waals surface area contributed by atoms with Gasteiger partial charge in [-0.3, -0.25) is 9.48 Å². The van der Waals surface area contributed by atoms with Crippen molar-refractivity contribution in [3.05, 3.63) is 109 Å². The van der Waals surface area contributed by atoms with Crippen LogP contribution in [0, 0.1) is 0 Å². The Morgan fingerprint density at radius 3 is 2.52 bits per heavy atom. The Bertz CT molecular complexity index is 1290. The van der Waals surface area contributed by atoms with Gasteiger partial charge < -0.3 is 10.1 Å². The van der Waals surface area contributed by atoms with Gasteiger partial charge in [-0.1, -0.05) is 53.0 Å². The van der Waals surface area contributed by atoms with Crippen molar-refractivity contribution in [3.8, 4) is 5.75 Å². The van der Waals surface area contributed by atoms with Crippen molar-refractivity contribution in [1.29, 1.82) is 0 Å². The minimum absolute atomic E-state index is 0.274. The van der Waals surface area contributed by atoms with Crippen molar-refractivity contribution in [2.45, 2.75) is 13.2 Å². The zero-order chi connectivity index (χ0) is 23.4. The third-order valence-corrected chi connectivity index (χ3v) is 6.26. The quantitative estimate of drug-likeness (QED) is 0.253. The number of nitrogens with one attached hydrogen (secondary N) is 1. The summed E-state index contributed by atoms with van der Waals surface area (Å²) < 4.78 is 8.13. The molecule has 33 heavy (non-hydrogen) atoms. The van der Waals surface area contributed by atoms with E-state index in [9.17, 15) is 4.79 Å². The van der Waals surface area contributed by atoms with Gasteiger partial charge in [0.2, 0.25) is 0 Å². The Balaban J connectivity index is 1.41. The molecule has 0 fully saturated rings. The molecule has 0 aliphatic carbocycles. The molecular weight excluding hydrogens is 549 g/mol. The molecule has 1 N–H and O–H groups in total. The number of hydrogen-bond donors (Lipinski definition) is 1. The van der Waals surface area contributed by atoms with E-state index in [0.717, 1.165) is 11.1 Å². The summed E-state index contributed by atoms with van der Waals surface area (Å²) in [4.78, 5) is 12.8. The molecule has 0 spiro atoms. The lowest BCUT2D eigenvalue weighted by Crippen LogP contribution is -2.13. The molecule has 1 aromatic heterocycles. The van der Waals surface area contributed by atoms with Crippen LogP contribution in [-0.2, 0) is 13.2 Å². The minimum atomic E-state index is -0.274. The van der Waals surface area contributed by atoms with Gasteiger partial charge in [0.15, 0.2) is 5.82 Å². The lowest BCUT2D eigenvalue weighted by atomic mass is 10.1. The van der Waals surface area contributed by atoms with Crippen LogP contribution in [0.4, 0.5) is 5.82 Å². The number of hydrogen-bond acceptors (Lipinski definition) is 3. The van der Waals surface area contributed by atoms with Gasteiger partial charge in [-0.25, -0.2) is 0 Å². The van der Waals surface area contributed by atoms with E-state index in [1.54, 1.807) is 59.4 Å². The first-order valence-corrected chi connectivity index (χ1v) is 11.8. The van der Waals surface area contributed by atoms with E-state index in [0.29, 0.717) is 49.8 Å². The average Bonchev–Trinajstić information content (AvgIpc) is 3.14. The van der Waals surface area contributed by atoms with E-state index in [1.165, 1.54) is 0 Å². The standard InChI is InChI=1S/C24H17BrCl3N3O2/c25-20-13-31(12-15-4-9-21(27)22(28)11-15)30-23(20)29-24(32)17-3-1-2-16(10-17)14-33-19-7-5-18(26)6-8-19/h1-11,13H,12,14H2,(H,29,30,32). The highest BCUT2D eigenvalue weighted by Crippen LogP contribution is 2.25. The predicted octanol–water partition coefficient (Wildman–Crippen LogP) is 7.49. The molecule has 0 saturated heterocycles. The van der Waals surface area contributed by atoms with E-state index in [4.69, 9.17) is 39.5 Å². The highest BCUT2D eigenvalue weighted by Gasteiger charge is 2.13. The summed E-state index contributed by atoms with van der Waals surface area (Å²) in [6.07, 6.45) is 1.79. The van der Waals surface area contributed by atoms with Crippen molar-refractivity contribution in [1.82, 2.24) is 9.78 Å². The second-order valence-corrected chi connectivity index (χ2v) is 9.27. The molecule has 168 valence electrons. The molecule has 4 rings (SSSR count). The van der Waals surface area contributed by atoms with Crippen molar-refractivity contribution < 1.29 is 9.53 Å². The Labute approximate surface area is 214 Å². The molecule has 9 heteroatoms. The Morgan fingerprint density at radius 2 is 1.76 bits per heavy atom. The molecule has 0 aliphatic heterocycles. The largest absolute Gasteiger partial charge is 0.489 e. The fourth-order valence-electron chi connectivity index (χ4n) is 3.07. The third kappa shape index (κ3) is 6.30. The van der Waals surface area contributed by atoms with E-state index in [2.05, 4.69) is 26.3 Å². The highest BCUT2D eigenvalue weighted by molar-refractivity contribution is 9.10. The molecular formula is C24H17BrCl3N3O2. The van der Waals surface area contributed by atoms with E-state index in [1.807, 2.05) is 18.2 Å². The van der Waals surface area contributed by atoms with Crippen molar-refractivity contribution >= 4 is 62.5 Å². The third-order valence-electron chi connectivity index (χ3n) is 4.69. The Morgan fingerprint density at radius 1 is 0.970 bits per heavy atom. The molecule has 5 nitrogen and oxygen atoms in total. The molecule has 0 bridgehead atoms. The summed E-state index contributed by atoms with van der Waals surface area (Å²) in [5.74, 6) is 0.845. The van der Waals surface area contributed by atoms with Crippen LogP contribution < -0.4 is 10.1 Å².